The lowest BCUT2D eigenvalue weighted by Crippen LogP contribution is -2.41. The number of nitro groups is 1. The third kappa shape index (κ3) is 3.21. The van der Waals surface area contributed by atoms with Crippen molar-refractivity contribution in [1.29, 1.82) is 0 Å². The van der Waals surface area contributed by atoms with E-state index in [0.717, 1.165) is 11.3 Å². The molecule has 1 aromatic heterocycles. The van der Waals surface area contributed by atoms with Crippen LogP contribution in [0.3, 0.4) is 0 Å². The van der Waals surface area contributed by atoms with Crippen LogP contribution in [0.4, 0.5) is 5.00 Å². The maximum Gasteiger partial charge on any atom is 0.337 e. The summed E-state index contributed by atoms with van der Waals surface area (Å²) in [6, 6.07) is 1.68. The summed E-state index contributed by atoms with van der Waals surface area (Å²) in [5, 5.41) is 12.5. The fraction of sp³-hybridized carbons (Fsp3) is 0.500. The number of thiophene rings is 1. The molecule has 2 rings (SSSR count). The van der Waals surface area contributed by atoms with Gasteiger partial charge in [0.25, 0.3) is 0 Å². The molecule has 1 aliphatic rings. The minimum atomic E-state index is -0.411. The second kappa shape index (κ2) is 6.17. The van der Waals surface area contributed by atoms with Gasteiger partial charge in [-0.25, -0.2) is 0 Å². The van der Waals surface area contributed by atoms with Crippen molar-refractivity contribution in [3.8, 4) is 0 Å². The van der Waals surface area contributed by atoms with Crippen LogP contribution in [-0.2, 0) is 9.53 Å². The van der Waals surface area contributed by atoms with Gasteiger partial charge in [-0.2, -0.15) is 0 Å². The summed E-state index contributed by atoms with van der Waals surface area (Å²) in [6.07, 6.45) is 0. The Morgan fingerprint density at radius 3 is 2.94 bits per heavy atom. The van der Waals surface area contributed by atoms with Crippen molar-refractivity contribution < 1.29 is 14.5 Å². The van der Waals surface area contributed by atoms with Gasteiger partial charge in [-0.05, 0) is 11.4 Å². The van der Waals surface area contributed by atoms with Crippen molar-refractivity contribution >= 4 is 34.0 Å². The highest BCUT2D eigenvalue weighted by Gasteiger charge is 2.20. The van der Waals surface area contributed by atoms with E-state index in [-0.39, 0.29) is 16.7 Å². The van der Waals surface area contributed by atoms with Crippen molar-refractivity contribution in [2.45, 2.75) is 4.90 Å². The summed E-state index contributed by atoms with van der Waals surface area (Å²) in [5.41, 5.74) is 0. The molecule has 2 heterocycles. The zero-order chi connectivity index (χ0) is 13.0. The van der Waals surface area contributed by atoms with Gasteiger partial charge in [-0.15, -0.1) is 11.8 Å². The third-order valence-corrected chi connectivity index (χ3v) is 4.52. The van der Waals surface area contributed by atoms with Crippen LogP contribution in [0.15, 0.2) is 16.3 Å². The second-order valence-corrected chi connectivity index (χ2v) is 5.54. The summed E-state index contributed by atoms with van der Waals surface area (Å²) in [4.78, 5) is 24.5. The van der Waals surface area contributed by atoms with Crippen LogP contribution < -0.4 is 0 Å². The van der Waals surface area contributed by atoms with E-state index in [2.05, 4.69) is 0 Å². The molecule has 8 heteroatoms. The van der Waals surface area contributed by atoms with E-state index in [4.69, 9.17) is 4.74 Å². The predicted molar refractivity (Wildman–Crippen MR) is 69.1 cm³/mol. The molecule has 1 aromatic rings. The van der Waals surface area contributed by atoms with Crippen molar-refractivity contribution in [2.75, 3.05) is 32.1 Å². The first-order chi connectivity index (χ1) is 8.68. The maximum absolute atomic E-state index is 11.9. The normalized spacial score (nSPS) is 15.7. The number of hydrogen-bond donors (Lipinski definition) is 0. The van der Waals surface area contributed by atoms with Crippen molar-refractivity contribution in [1.82, 2.24) is 4.90 Å². The zero-order valence-corrected chi connectivity index (χ0v) is 11.2. The largest absolute Gasteiger partial charge is 0.378 e. The number of amides is 1. The van der Waals surface area contributed by atoms with Crippen molar-refractivity contribution in [2.24, 2.45) is 0 Å². The molecule has 0 radical (unpaired) electrons. The Labute approximate surface area is 112 Å². The molecular formula is C10H12N2O4S2. The average Bonchev–Trinajstić information content (AvgIpc) is 2.85. The Morgan fingerprint density at radius 2 is 2.28 bits per heavy atom. The van der Waals surface area contributed by atoms with Crippen LogP contribution in [0.1, 0.15) is 0 Å². The number of thioether (sulfide) groups is 1. The minimum Gasteiger partial charge on any atom is -0.378 e. The Hall–Kier alpha value is -1.12. The van der Waals surface area contributed by atoms with Gasteiger partial charge in [-0.3, -0.25) is 14.9 Å². The number of morpholine rings is 1. The molecule has 1 aliphatic heterocycles. The Kier molecular flexibility index (Phi) is 4.56. The zero-order valence-electron chi connectivity index (χ0n) is 9.53. The average molecular weight is 288 g/mol. The Morgan fingerprint density at radius 1 is 1.56 bits per heavy atom. The molecule has 0 aromatic carbocycles. The molecule has 6 nitrogen and oxygen atoms in total. The van der Waals surface area contributed by atoms with Crippen LogP contribution in [0.2, 0.25) is 0 Å². The molecule has 0 atom stereocenters. The van der Waals surface area contributed by atoms with Crippen LogP contribution >= 0.6 is 23.1 Å². The lowest BCUT2D eigenvalue weighted by Gasteiger charge is -2.26. The SMILES string of the molecule is O=C(CSc1ccsc1[N+](=O)[O-])N1CCOCC1. The smallest absolute Gasteiger partial charge is 0.337 e. The highest BCUT2D eigenvalue weighted by molar-refractivity contribution is 8.00. The topological polar surface area (TPSA) is 72.7 Å². The molecule has 0 N–H and O–H groups in total. The standard InChI is InChI=1S/C10H12N2O4S2/c13-9(11-2-4-16-5-3-11)7-18-8-1-6-17-10(8)12(14)15/h1,6H,2-5,7H2. The minimum absolute atomic E-state index is 0.00352. The molecule has 0 unspecified atom stereocenters. The Bertz CT molecular complexity index is 443. The predicted octanol–water partition coefficient (Wildman–Crippen LogP) is 1.61. The molecular weight excluding hydrogens is 276 g/mol. The summed E-state index contributed by atoms with van der Waals surface area (Å²) >= 11 is 2.30. The monoisotopic (exact) mass is 288 g/mol. The van der Waals surface area contributed by atoms with Gasteiger partial charge < -0.3 is 9.64 Å². The van der Waals surface area contributed by atoms with E-state index >= 15 is 0 Å². The van der Waals surface area contributed by atoms with E-state index in [1.54, 1.807) is 16.3 Å². The molecule has 1 amide bonds. The van der Waals surface area contributed by atoms with Gasteiger partial charge in [0.15, 0.2) is 0 Å². The third-order valence-electron chi connectivity index (χ3n) is 2.49. The molecule has 1 fully saturated rings. The number of nitrogens with zero attached hydrogens (tertiary/aromatic N) is 2. The Balaban J connectivity index is 1.88. The van der Waals surface area contributed by atoms with E-state index in [9.17, 15) is 14.9 Å². The van der Waals surface area contributed by atoms with Gasteiger partial charge in [0.05, 0.1) is 28.8 Å². The molecule has 98 valence electrons. The van der Waals surface area contributed by atoms with E-state index in [1.807, 2.05) is 0 Å². The number of rotatable bonds is 4. The number of carbonyl (C=O) groups excluding carboxylic acids is 1. The first kappa shape index (κ1) is 13.3. The lowest BCUT2D eigenvalue weighted by molar-refractivity contribution is -0.382. The van der Waals surface area contributed by atoms with Crippen molar-refractivity contribution in [3.05, 3.63) is 21.6 Å². The van der Waals surface area contributed by atoms with E-state index in [0.29, 0.717) is 31.2 Å². The fourth-order valence-corrected chi connectivity index (χ4v) is 3.41. The first-order valence-electron chi connectivity index (χ1n) is 5.38. The van der Waals surface area contributed by atoms with Gasteiger partial charge in [0.1, 0.15) is 0 Å². The van der Waals surface area contributed by atoms with Crippen LogP contribution in [0.25, 0.3) is 0 Å². The molecule has 0 spiro atoms. The highest BCUT2D eigenvalue weighted by Crippen LogP contribution is 2.34. The van der Waals surface area contributed by atoms with Crippen LogP contribution in [0.5, 0.6) is 0 Å². The highest BCUT2D eigenvalue weighted by atomic mass is 32.2. The molecule has 18 heavy (non-hydrogen) atoms. The summed E-state index contributed by atoms with van der Waals surface area (Å²) in [5.74, 6) is 0.237. The van der Waals surface area contributed by atoms with Crippen LogP contribution in [-0.4, -0.2) is 47.8 Å². The molecule has 0 aliphatic carbocycles. The first-order valence-corrected chi connectivity index (χ1v) is 7.25. The summed E-state index contributed by atoms with van der Waals surface area (Å²) < 4.78 is 5.16. The molecule has 0 saturated carbocycles. The van der Waals surface area contributed by atoms with Gasteiger partial charge in [-0.1, -0.05) is 11.3 Å². The number of hydrogen-bond acceptors (Lipinski definition) is 6. The number of carbonyl (C=O) groups is 1. The molecule has 1 saturated heterocycles. The molecule has 0 bridgehead atoms. The van der Waals surface area contributed by atoms with E-state index in [1.165, 1.54) is 11.8 Å². The fourth-order valence-electron chi connectivity index (χ4n) is 1.58. The summed E-state index contributed by atoms with van der Waals surface area (Å²) in [6.45, 7) is 2.33. The quantitative estimate of drug-likeness (QED) is 0.478. The lowest BCUT2D eigenvalue weighted by atomic mass is 10.4. The van der Waals surface area contributed by atoms with Crippen molar-refractivity contribution in [3.63, 3.8) is 0 Å². The second-order valence-electron chi connectivity index (χ2n) is 3.63. The van der Waals surface area contributed by atoms with E-state index < -0.39 is 4.92 Å². The van der Waals surface area contributed by atoms with Gasteiger partial charge in [0.2, 0.25) is 5.91 Å². The maximum atomic E-state index is 11.9. The number of ether oxygens (including phenoxy) is 1. The van der Waals surface area contributed by atoms with Gasteiger partial charge in [0, 0.05) is 13.1 Å². The summed E-state index contributed by atoms with van der Waals surface area (Å²) in [7, 11) is 0. The van der Waals surface area contributed by atoms with Crippen LogP contribution in [0, 0.1) is 10.1 Å². The van der Waals surface area contributed by atoms with Gasteiger partial charge >= 0.3 is 5.00 Å².